The fourth-order valence-corrected chi connectivity index (χ4v) is 2.49. The van der Waals surface area contributed by atoms with Crippen molar-refractivity contribution in [3.63, 3.8) is 0 Å². The average Bonchev–Trinajstić information content (AvgIpc) is 2.46. The van der Waals surface area contributed by atoms with Crippen LogP contribution in [0.3, 0.4) is 0 Å². The molecule has 0 saturated carbocycles. The Bertz CT molecular complexity index is 499. The molecule has 1 N–H and O–H groups in total. The Balaban J connectivity index is 2.02. The van der Waals surface area contributed by atoms with Gasteiger partial charge in [-0.1, -0.05) is 6.07 Å². The van der Waals surface area contributed by atoms with Crippen LogP contribution in [0.2, 0.25) is 0 Å². The molecule has 1 aromatic carbocycles. The first-order valence-corrected chi connectivity index (χ1v) is 7.29. The van der Waals surface area contributed by atoms with Gasteiger partial charge in [0.25, 0.3) is 5.91 Å². The minimum absolute atomic E-state index is 0.0209. The van der Waals surface area contributed by atoms with Gasteiger partial charge in [0.1, 0.15) is 5.75 Å². The second kappa shape index (κ2) is 6.33. The molecule has 1 fully saturated rings. The number of halogens is 1. The predicted octanol–water partition coefficient (Wildman–Crippen LogP) is 2.53. The number of hydrogen-bond donors (Lipinski definition) is 1. The van der Waals surface area contributed by atoms with Gasteiger partial charge in [-0.05, 0) is 38.8 Å². The van der Waals surface area contributed by atoms with Crippen molar-refractivity contribution in [2.75, 3.05) is 25.1 Å². The van der Waals surface area contributed by atoms with Crippen LogP contribution in [0, 0.1) is 0 Å². The van der Waals surface area contributed by atoms with Gasteiger partial charge >= 0.3 is 0 Å². The Hall–Kier alpha value is -1.78. The van der Waals surface area contributed by atoms with Gasteiger partial charge in [0.2, 0.25) is 0 Å². The minimum atomic E-state index is -1.84. The molecule has 1 aliphatic heterocycles. The fourth-order valence-electron chi connectivity index (χ4n) is 2.49. The van der Waals surface area contributed by atoms with Crippen LogP contribution in [-0.2, 0) is 4.79 Å². The van der Waals surface area contributed by atoms with E-state index in [1.165, 1.54) is 13.8 Å². The zero-order valence-corrected chi connectivity index (χ0v) is 12.9. The van der Waals surface area contributed by atoms with E-state index in [2.05, 4.69) is 10.2 Å². The molecule has 116 valence electrons. The number of nitrogens with zero attached hydrogens (tertiary/aromatic N) is 1. The summed E-state index contributed by atoms with van der Waals surface area (Å²) in [6, 6.07) is 7.82. The Morgan fingerprint density at radius 2 is 2.24 bits per heavy atom. The molecule has 1 heterocycles. The van der Waals surface area contributed by atoms with Gasteiger partial charge in [-0.2, -0.15) is 0 Å². The topological polar surface area (TPSA) is 41.6 Å². The molecular weight excluding hydrogens is 271 g/mol. The number of nitrogens with one attached hydrogen (secondary N) is 1. The van der Waals surface area contributed by atoms with E-state index >= 15 is 0 Å². The maximum absolute atomic E-state index is 13.6. The highest BCUT2D eigenvalue weighted by Gasteiger charge is 2.30. The standard InChI is InChI=1S/C16H23FN2O2/c1-16(2,17)15(20)18-12-6-5-9-19(11-12)13-7-4-8-14(10-13)21-3/h4,7-8,10,12H,5-6,9,11H2,1-3H3,(H,18,20). The summed E-state index contributed by atoms with van der Waals surface area (Å²) in [7, 11) is 1.64. The van der Waals surface area contributed by atoms with Gasteiger partial charge in [-0.25, -0.2) is 4.39 Å². The van der Waals surface area contributed by atoms with Crippen molar-refractivity contribution in [3.8, 4) is 5.75 Å². The Labute approximate surface area is 125 Å². The monoisotopic (exact) mass is 294 g/mol. The van der Waals surface area contributed by atoms with Crippen molar-refractivity contribution in [1.29, 1.82) is 0 Å². The average molecular weight is 294 g/mol. The van der Waals surface area contributed by atoms with E-state index in [9.17, 15) is 9.18 Å². The number of anilines is 1. The molecule has 4 nitrogen and oxygen atoms in total. The molecule has 0 spiro atoms. The summed E-state index contributed by atoms with van der Waals surface area (Å²) in [6.45, 7) is 4.18. The number of ether oxygens (including phenoxy) is 1. The summed E-state index contributed by atoms with van der Waals surface area (Å²) >= 11 is 0. The van der Waals surface area contributed by atoms with Crippen LogP contribution in [0.25, 0.3) is 0 Å². The lowest BCUT2D eigenvalue weighted by Crippen LogP contribution is -2.51. The van der Waals surface area contributed by atoms with Crippen molar-refractivity contribution in [2.24, 2.45) is 0 Å². The molecule has 1 amide bonds. The maximum atomic E-state index is 13.6. The van der Waals surface area contributed by atoms with E-state index < -0.39 is 11.6 Å². The SMILES string of the molecule is COc1cccc(N2CCCC(NC(=O)C(C)(C)F)C2)c1. The fraction of sp³-hybridized carbons (Fsp3) is 0.562. The number of methoxy groups -OCH3 is 1. The summed E-state index contributed by atoms with van der Waals surface area (Å²) in [4.78, 5) is 13.9. The number of carbonyl (C=O) groups is 1. The second-order valence-electron chi connectivity index (χ2n) is 5.93. The highest BCUT2D eigenvalue weighted by Crippen LogP contribution is 2.24. The number of alkyl halides is 1. The van der Waals surface area contributed by atoms with Crippen molar-refractivity contribution in [3.05, 3.63) is 24.3 Å². The van der Waals surface area contributed by atoms with Gasteiger partial charge in [-0.15, -0.1) is 0 Å². The molecule has 1 atom stereocenters. The molecule has 5 heteroatoms. The number of rotatable bonds is 4. The Morgan fingerprint density at radius 1 is 1.48 bits per heavy atom. The second-order valence-corrected chi connectivity index (χ2v) is 5.93. The van der Waals surface area contributed by atoms with Gasteiger partial charge in [0.15, 0.2) is 5.67 Å². The molecule has 0 aliphatic carbocycles. The van der Waals surface area contributed by atoms with Crippen LogP contribution in [0.15, 0.2) is 24.3 Å². The van der Waals surface area contributed by atoms with E-state index in [-0.39, 0.29) is 6.04 Å². The van der Waals surface area contributed by atoms with Crippen LogP contribution in [0.4, 0.5) is 10.1 Å². The zero-order valence-electron chi connectivity index (χ0n) is 12.9. The van der Waals surface area contributed by atoms with Gasteiger partial charge in [-0.3, -0.25) is 4.79 Å². The van der Waals surface area contributed by atoms with Gasteiger partial charge < -0.3 is 15.0 Å². The minimum Gasteiger partial charge on any atom is -0.497 e. The van der Waals surface area contributed by atoms with E-state index in [1.54, 1.807) is 7.11 Å². The number of carbonyl (C=O) groups excluding carboxylic acids is 1. The van der Waals surface area contributed by atoms with Crippen molar-refractivity contribution in [1.82, 2.24) is 5.32 Å². The third-order valence-corrected chi connectivity index (χ3v) is 3.72. The largest absolute Gasteiger partial charge is 0.497 e. The number of piperidine rings is 1. The molecule has 1 aromatic rings. The van der Waals surface area contributed by atoms with Crippen molar-refractivity contribution in [2.45, 2.75) is 38.4 Å². The Morgan fingerprint density at radius 3 is 2.90 bits per heavy atom. The number of hydrogen-bond acceptors (Lipinski definition) is 3. The van der Waals surface area contributed by atoms with Crippen LogP contribution >= 0.6 is 0 Å². The van der Waals surface area contributed by atoms with Crippen molar-refractivity contribution < 1.29 is 13.9 Å². The highest BCUT2D eigenvalue weighted by atomic mass is 19.1. The smallest absolute Gasteiger partial charge is 0.257 e. The summed E-state index contributed by atoms with van der Waals surface area (Å²) in [5, 5.41) is 2.80. The van der Waals surface area contributed by atoms with Crippen LogP contribution in [-0.4, -0.2) is 37.8 Å². The zero-order chi connectivity index (χ0) is 15.5. The van der Waals surface area contributed by atoms with Crippen LogP contribution < -0.4 is 15.0 Å². The Kier molecular flexibility index (Phi) is 4.70. The first-order chi connectivity index (χ1) is 9.90. The van der Waals surface area contributed by atoms with E-state index in [0.29, 0.717) is 6.54 Å². The summed E-state index contributed by atoms with van der Waals surface area (Å²) in [5.74, 6) is 0.267. The van der Waals surface area contributed by atoms with E-state index in [1.807, 2.05) is 24.3 Å². The highest BCUT2D eigenvalue weighted by molar-refractivity contribution is 5.84. The molecule has 0 bridgehead atoms. The maximum Gasteiger partial charge on any atom is 0.257 e. The summed E-state index contributed by atoms with van der Waals surface area (Å²) in [5.41, 5.74) is -0.772. The third-order valence-electron chi connectivity index (χ3n) is 3.72. The number of benzene rings is 1. The third kappa shape index (κ3) is 4.09. The quantitative estimate of drug-likeness (QED) is 0.928. The van der Waals surface area contributed by atoms with Gasteiger partial charge in [0.05, 0.1) is 7.11 Å². The van der Waals surface area contributed by atoms with E-state index in [4.69, 9.17) is 4.74 Å². The molecule has 21 heavy (non-hydrogen) atoms. The van der Waals surface area contributed by atoms with Gasteiger partial charge in [0, 0.05) is 30.9 Å². The summed E-state index contributed by atoms with van der Waals surface area (Å²) in [6.07, 6.45) is 1.84. The van der Waals surface area contributed by atoms with Crippen molar-refractivity contribution >= 4 is 11.6 Å². The summed E-state index contributed by atoms with van der Waals surface area (Å²) < 4.78 is 18.8. The lowest BCUT2D eigenvalue weighted by Gasteiger charge is -2.35. The molecule has 1 aliphatic rings. The van der Waals surface area contributed by atoms with E-state index in [0.717, 1.165) is 30.8 Å². The normalized spacial score (nSPS) is 19.2. The lowest BCUT2D eigenvalue weighted by atomic mass is 10.0. The molecule has 1 unspecified atom stereocenters. The molecular formula is C16H23FN2O2. The van der Waals surface area contributed by atoms with Crippen LogP contribution in [0.5, 0.6) is 5.75 Å². The molecule has 2 rings (SSSR count). The molecule has 1 saturated heterocycles. The molecule has 0 radical (unpaired) electrons. The lowest BCUT2D eigenvalue weighted by molar-refractivity contribution is -0.131. The first-order valence-electron chi connectivity index (χ1n) is 7.29. The van der Waals surface area contributed by atoms with Crippen LogP contribution in [0.1, 0.15) is 26.7 Å². The molecule has 0 aromatic heterocycles. The first kappa shape index (κ1) is 15.6. The predicted molar refractivity (Wildman–Crippen MR) is 81.6 cm³/mol. The number of amides is 1.